The van der Waals surface area contributed by atoms with E-state index >= 15 is 0 Å². The van der Waals surface area contributed by atoms with Crippen LogP contribution in [0, 0.1) is 11.8 Å². The van der Waals surface area contributed by atoms with Gasteiger partial charge in [0.25, 0.3) is 0 Å². The van der Waals surface area contributed by atoms with Crippen molar-refractivity contribution in [2.24, 2.45) is 11.8 Å². The van der Waals surface area contributed by atoms with Gasteiger partial charge in [-0.05, 0) is 47.7 Å². The first-order valence-corrected chi connectivity index (χ1v) is 14.3. The molecule has 3 aromatic carbocycles. The summed E-state index contributed by atoms with van der Waals surface area (Å²) in [7, 11) is -3.95. The van der Waals surface area contributed by atoms with Gasteiger partial charge in [-0.25, -0.2) is 8.42 Å². The van der Waals surface area contributed by atoms with Crippen LogP contribution in [0.3, 0.4) is 0 Å². The van der Waals surface area contributed by atoms with Crippen molar-refractivity contribution in [1.29, 1.82) is 0 Å². The minimum Gasteiger partial charge on any atom is -0.489 e. The Balaban J connectivity index is 1.52. The van der Waals surface area contributed by atoms with E-state index in [1.165, 1.54) is 0 Å². The molecule has 1 aliphatic heterocycles. The molecule has 0 aliphatic carbocycles. The van der Waals surface area contributed by atoms with Crippen molar-refractivity contribution in [3.05, 3.63) is 89.7 Å². The number of sulfonamides is 1. The van der Waals surface area contributed by atoms with Crippen LogP contribution in [-0.2, 0) is 16.4 Å². The summed E-state index contributed by atoms with van der Waals surface area (Å²) in [6.45, 7) is 7.38. The van der Waals surface area contributed by atoms with Crippen molar-refractivity contribution < 1.29 is 22.3 Å². The Labute approximate surface area is 218 Å². The van der Waals surface area contributed by atoms with E-state index in [4.69, 9.17) is 13.9 Å². The van der Waals surface area contributed by atoms with Crippen LogP contribution >= 0.6 is 0 Å². The van der Waals surface area contributed by atoms with E-state index in [1.54, 1.807) is 18.2 Å². The molecule has 0 saturated carbocycles. The van der Waals surface area contributed by atoms with Gasteiger partial charge in [-0.1, -0.05) is 69.7 Å². The molecule has 0 spiro atoms. The molecule has 0 amide bonds. The van der Waals surface area contributed by atoms with Crippen molar-refractivity contribution in [3.63, 3.8) is 0 Å². The first kappa shape index (κ1) is 25.4. The van der Waals surface area contributed by atoms with Gasteiger partial charge in [0.1, 0.15) is 17.4 Å². The summed E-state index contributed by atoms with van der Waals surface area (Å²) in [5, 5.41) is 0.921. The van der Waals surface area contributed by atoms with Gasteiger partial charge in [-0.2, -0.15) is 4.72 Å². The zero-order chi connectivity index (χ0) is 26.0. The summed E-state index contributed by atoms with van der Waals surface area (Å²) in [5.74, 6) is 2.18. The molecule has 0 fully saturated rings. The average Bonchev–Trinajstić information content (AvgIpc) is 3.20. The van der Waals surface area contributed by atoms with Crippen LogP contribution in [0.4, 0.5) is 0 Å². The van der Waals surface area contributed by atoms with Crippen LogP contribution in [0.1, 0.15) is 50.1 Å². The number of hydrogen-bond donors (Lipinski definition) is 1. The van der Waals surface area contributed by atoms with Crippen molar-refractivity contribution in [2.45, 2.75) is 44.6 Å². The third-order valence-corrected chi connectivity index (χ3v) is 8.38. The molecule has 5 rings (SSSR count). The van der Waals surface area contributed by atoms with E-state index in [2.05, 4.69) is 25.5 Å². The molecule has 1 aromatic heterocycles. The maximum Gasteiger partial charge on any atom is 0.241 e. The SMILES string of the molecule is CCCc1ccccc1C(NS(=O)(=O)c1ccc2c(c1)OCC(C(C)C)CO2)c1cc2ccccc2o1. The van der Waals surface area contributed by atoms with E-state index < -0.39 is 16.1 Å². The van der Waals surface area contributed by atoms with Gasteiger partial charge in [-0.15, -0.1) is 0 Å². The number of para-hydroxylation sites is 1. The van der Waals surface area contributed by atoms with E-state index in [0.717, 1.165) is 29.4 Å². The van der Waals surface area contributed by atoms with Gasteiger partial charge in [0.2, 0.25) is 10.0 Å². The molecule has 0 radical (unpaired) electrons. The summed E-state index contributed by atoms with van der Waals surface area (Å²) in [5.41, 5.74) is 2.67. The first-order chi connectivity index (χ1) is 17.9. The predicted molar refractivity (Wildman–Crippen MR) is 145 cm³/mol. The lowest BCUT2D eigenvalue weighted by molar-refractivity contribution is 0.173. The Kier molecular flexibility index (Phi) is 7.26. The fourth-order valence-corrected chi connectivity index (χ4v) is 5.87. The lowest BCUT2D eigenvalue weighted by Crippen LogP contribution is -2.30. The predicted octanol–water partition coefficient (Wildman–Crippen LogP) is 6.50. The number of hydrogen-bond acceptors (Lipinski definition) is 5. The van der Waals surface area contributed by atoms with Crippen molar-refractivity contribution in [3.8, 4) is 11.5 Å². The zero-order valence-corrected chi connectivity index (χ0v) is 22.3. The van der Waals surface area contributed by atoms with E-state index in [9.17, 15) is 8.42 Å². The summed E-state index contributed by atoms with van der Waals surface area (Å²) < 4.78 is 48.6. The number of furan rings is 1. The van der Waals surface area contributed by atoms with Crippen molar-refractivity contribution >= 4 is 21.0 Å². The Morgan fingerprint density at radius 3 is 2.41 bits per heavy atom. The number of rotatable bonds is 8. The molecule has 194 valence electrons. The molecule has 37 heavy (non-hydrogen) atoms. The van der Waals surface area contributed by atoms with E-state index in [1.807, 2.05) is 54.6 Å². The van der Waals surface area contributed by atoms with Crippen LogP contribution in [0.25, 0.3) is 11.0 Å². The summed E-state index contributed by atoms with van der Waals surface area (Å²) >= 11 is 0. The number of nitrogens with one attached hydrogen (secondary N) is 1. The highest BCUT2D eigenvalue weighted by molar-refractivity contribution is 7.89. The summed E-state index contributed by atoms with van der Waals surface area (Å²) in [4.78, 5) is 0.118. The maximum atomic E-state index is 13.8. The molecule has 1 N–H and O–H groups in total. The quantitative estimate of drug-likeness (QED) is 0.288. The lowest BCUT2D eigenvalue weighted by Gasteiger charge is -2.21. The van der Waals surface area contributed by atoms with Crippen molar-refractivity contribution in [1.82, 2.24) is 4.72 Å². The average molecular weight is 520 g/mol. The molecule has 1 aliphatic rings. The van der Waals surface area contributed by atoms with Gasteiger partial charge < -0.3 is 13.9 Å². The van der Waals surface area contributed by atoms with E-state index in [0.29, 0.717) is 42.0 Å². The molecule has 6 nitrogen and oxygen atoms in total. The second kappa shape index (κ2) is 10.6. The van der Waals surface area contributed by atoms with Crippen LogP contribution in [0.5, 0.6) is 11.5 Å². The molecular weight excluding hydrogens is 486 g/mol. The topological polar surface area (TPSA) is 77.8 Å². The molecule has 2 heterocycles. The molecule has 2 unspecified atom stereocenters. The number of benzene rings is 3. The minimum absolute atomic E-state index is 0.118. The molecule has 7 heteroatoms. The summed E-state index contributed by atoms with van der Waals surface area (Å²) in [6.07, 6.45) is 1.77. The number of aryl methyl sites for hydroxylation is 1. The monoisotopic (exact) mass is 519 g/mol. The third-order valence-electron chi connectivity index (χ3n) is 6.96. The highest BCUT2D eigenvalue weighted by Crippen LogP contribution is 2.36. The summed E-state index contributed by atoms with van der Waals surface area (Å²) in [6, 6.07) is 21.6. The molecule has 2 atom stereocenters. The fraction of sp³-hybridized carbons (Fsp3) is 0.333. The number of fused-ring (bicyclic) bond motifs is 2. The van der Waals surface area contributed by atoms with Crippen LogP contribution in [0.2, 0.25) is 0 Å². The zero-order valence-electron chi connectivity index (χ0n) is 21.4. The lowest BCUT2D eigenvalue weighted by atomic mass is 9.96. The maximum absolute atomic E-state index is 13.8. The smallest absolute Gasteiger partial charge is 0.241 e. The minimum atomic E-state index is -3.95. The standard InChI is InChI=1S/C30H33NO5S/c1-4-9-21-10-5-7-12-25(21)30(29-16-22-11-6-8-13-26(22)36-29)31-37(32,33)24-14-15-27-28(17-24)35-19-23(18-34-27)20(2)3/h5-8,10-17,20,23,30-31H,4,9,18-19H2,1-3H3. The molecule has 0 saturated heterocycles. The van der Waals surface area contributed by atoms with E-state index in [-0.39, 0.29) is 10.8 Å². The second-order valence-corrected chi connectivity index (χ2v) is 11.6. The van der Waals surface area contributed by atoms with Gasteiger partial charge >= 0.3 is 0 Å². The van der Waals surface area contributed by atoms with Gasteiger partial charge in [0.05, 0.1) is 18.1 Å². The molecule has 0 bridgehead atoms. The molecular formula is C30H33NO5S. The largest absolute Gasteiger partial charge is 0.489 e. The third kappa shape index (κ3) is 5.38. The Bertz CT molecular complexity index is 1460. The van der Waals surface area contributed by atoms with Crippen molar-refractivity contribution in [2.75, 3.05) is 13.2 Å². The van der Waals surface area contributed by atoms with Gasteiger partial charge in [-0.3, -0.25) is 0 Å². The fourth-order valence-electron chi connectivity index (χ4n) is 4.67. The Morgan fingerprint density at radius 2 is 1.65 bits per heavy atom. The van der Waals surface area contributed by atoms with Gasteiger partial charge in [0, 0.05) is 17.4 Å². The Morgan fingerprint density at radius 1 is 0.919 bits per heavy atom. The normalized spacial score (nSPS) is 16.6. The Hall–Kier alpha value is -3.29. The van der Waals surface area contributed by atoms with Crippen LogP contribution in [-0.4, -0.2) is 21.6 Å². The number of ether oxygens (including phenoxy) is 2. The van der Waals surface area contributed by atoms with Gasteiger partial charge in [0.15, 0.2) is 11.5 Å². The van der Waals surface area contributed by atoms with Crippen LogP contribution < -0.4 is 14.2 Å². The van der Waals surface area contributed by atoms with Crippen LogP contribution in [0.15, 0.2) is 82.1 Å². The second-order valence-electron chi connectivity index (χ2n) is 9.92. The highest BCUT2D eigenvalue weighted by Gasteiger charge is 2.29. The molecule has 4 aromatic rings. The highest BCUT2D eigenvalue weighted by atomic mass is 32.2. The first-order valence-electron chi connectivity index (χ1n) is 12.8.